The van der Waals surface area contributed by atoms with E-state index in [0.29, 0.717) is 51.4 Å². The molecule has 0 saturated carbocycles. The number of carbonyl (C=O) groups excluding carboxylic acids is 3. The Bertz CT molecular complexity index is 708. The van der Waals surface area contributed by atoms with Gasteiger partial charge in [-0.2, -0.15) is 0 Å². The van der Waals surface area contributed by atoms with Crippen LogP contribution in [-0.2, 0) is 54.2 Å². The highest BCUT2D eigenvalue weighted by Gasteiger charge is 2.40. The van der Waals surface area contributed by atoms with Gasteiger partial charge in [-0.15, -0.1) is 0 Å². The molecule has 40 heavy (non-hydrogen) atoms. The molecule has 0 aromatic rings. The van der Waals surface area contributed by atoms with E-state index < -0.39 is 26.4 Å². The van der Waals surface area contributed by atoms with Crippen LogP contribution in [0.25, 0.3) is 0 Å². The fraction of sp³-hybridized carbons (Fsp3) is 0.864. The van der Waals surface area contributed by atoms with Crippen LogP contribution in [0.1, 0.15) is 33.6 Å². The Morgan fingerprint density at radius 1 is 0.500 bits per heavy atom. The lowest BCUT2D eigenvalue weighted by atomic mass is 10.5. The number of isocyanates is 3. The molecule has 0 aromatic carbocycles. The van der Waals surface area contributed by atoms with Crippen LogP contribution in [0.3, 0.4) is 0 Å². The second-order valence-corrected chi connectivity index (χ2v) is 15.9. The predicted octanol–water partition coefficient (Wildman–Crippen LogP) is 2.09. The zero-order chi connectivity index (χ0) is 31.2. The number of rotatable bonds is 22. The van der Waals surface area contributed by atoms with Crippen LogP contribution < -0.4 is 0 Å². The molecule has 0 heterocycles. The van der Waals surface area contributed by atoms with E-state index in [1.165, 1.54) is 39.6 Å². The molecule has 0 fully saturated rings. The average molecular weight is 630 g/mol. The third kappa shape index (κ3) is 20.3. The van der Waals surface area contributed by atoms with Crippen molar-refractivity contribution in [1.82, 2.24) is 0 Å². The van der Waals surface area contributed by atoms with Gasteiger partial charge in [0.2, 0.25) is 18.2 Å². The predicted molar refractivity (Wildman–Crippen MR) is 152 cm³/mol. The fourth-order valence-electron chi connectivity index (χ4n) is 2.97. The Morgan fingerprint density at radius 2 is 0.825 bits per heavy atom. The SMILES string of the molecule is CCO[Si](CCCN=C=O)(OCC)OCC.CO[Si](CCCN=C=O)(OC)OC.CO[Si](CN=C=O)(OC)OC. The molecular formula is C22H47N3O12Si3. The van der Waals surface area contributed by atoms with Gasteiger partial charge in [0.25, 0.3) is 0 Å². The summed E-state index contributed by atoms with van der Waals surface area (Å²) in [4.78, 5) is 39.7. The van der Waals surface area contributed by atoms with Crippen molar-refractivity contribution in [2.45, 2.75) is 45.7 Å². The van der Waals surface area contributed by atoms with Crippen molar-refractivity contribution in [3.8, 4) is 0 Å². The van der Waals surface area contributed by atoms with Crippen LogP contribution in [0.5, 0.6) is 0 Å². The molecule has 0 atom stereocenters. The maximum Gasteiger partial charge on any atom is 0.523 e. The number of aliphatic imine (C=N–C) groups is 3. The second-order valence-electron chi connectivity index (χ2n) is 7.13. The average Bonchev–Trinajstić information content (AvgIpc) is 2.98. The zero-order valence-electron chi connectivity index (χ0n) is 25.3. The molecule has 0 aromatic heterocycles. The van der Waals surface area contributed by atoms with Gasteiger partial charge in [0, 0.05) is 74.6 Å². The van der Waals surface area contributed by atoms with Gasteiger partial charge in [-0.25, -0.2) is 29.4 Å². The standard InChI is InChI=1S/C10H21NO4Si.C7H15NO4Si.C5H11NO4Si/c1-4-13-16(14-5-2,15-6-3)9-7-8-11-10-12;1-10-13(11-2,12-3)6-4-5-8-7-9;1-8-11(9-2,10-3)5-6-4-7/h4-9H2,1-3H3;4-6H2,1-3H3;5H2,1-3H3. The Kier molecular flexibility index (Phi) is 31.0. The summed E-state index contributed by atoms with van der Waals surface area (Å²) >= 11 is 0. The number of hydrogen-bond donors (Lipinski definition) is 0. The maximum absolute atomic E-state index is 9.93. The lowest BCUT2D eigenvalue weighted by Crippen LogP contribution is -2.46. The third-order valence-corrected chi connectivity index (χ3v) is 13.3. The largest absolute Gasteiger partial charge is 0.523 e. The summed E-state index contributed by atoms with van der Waals surface area (Å²) in [7, 11) is 1.39. The number of nitrogens with zero attached hydrogens (tertiary/aromatic N) is 3. The molecule has 0 radical (unpaired) electrons. The van der Waals surface area contributed by atoms with Crippen LogP contribution in [0.2, 0.25) is 12.1 Å². The second kappa shape index (κ2) is 28.9. The molecule has 0 aliphatic heterocycles. The topological polar surface area (TPSA) is 171 Å². The molecule has 0 saturated heterocycles. The zero-order valence-corrected chi connectivity index (χ0v) is 28.3. The van der Waals surface area contributed by atoms with Crippen molar-refractivity contribution in [2.24, 2.45) is 15.0 Å². The van der Waals surface area contributed by atoms with Crippen LogP contribution in [0.4, 0.5) is 0 Å². The quantitative estimate of drug-likeness (QED) is 0.0740. The smallest absolute Gasteiger partial charge is 0.377 e. The van der Waals surface area contributed by atoms with Gasteiger partial charge in [-0.1, -0.05) is 0 Å². The molecule has 0 unspecified atom stereocenters. The van der Waals surface area contributed by atoms with Crippen LogP contribution in [0, 0.1) is 0 Å². The van der Waals surface area contributed by atoms with Gasteiger partial charge < -0.3 is 39.8 Å². The van der Waals surface area contributed by atoms with Gasteiger partial charge in [0.15, 0.2) is 0 Å². The van der Waals surface area contributed by atoms with Crippen molar-refractivity contribution in [3.63, 3.8) is 0 Å². The lowest BCUT2D eigenvalue weighted by molar-refractivity contribution is 0.0709. The van der Waals surface area contributed by atoms with E-state index >= 15 is 0 Å². The fourth-order valence-corrected chi connectivity index (χ4v) is 8.41. The van der Waals surface area contributed by atoms with Gasteiger partial charge >= 0.3 is 26.4 Å². The molecule has 0 amide bonds. The maximum atomic E-state index is 9.93. The Balaban J connectivity index is -0.000000523. The third-order valence-electron chi connectivity index (χ3n) is 4.93. The van der Waals surface area contributed by atoms with Crippen LogP contribution in [-0.4, -0.2) is 126 Å². The van der Waals surface area contributed by atoms with Gasteiger partial charge in [0.05, 0.1) is 13.1 Å². The van der Waals surface area contributed by atoms with Gasteiger partial charge in [-0.05, 0) is 33.6 Å². The first-order chi connectivity index (χ1) is 19.2. The van der Waals surface area contributed by atoms with E-state index in [1.54, 1.807) is 21.3 Å². The molecule has 18 heteroatoms. The molecule has 234 valence electrons. The Hall–Kier alpha value is -1.57. The highest BCUT2D eigenvalue weighted by atomic mass is 28.4. The first-order valence-electron chi connectivity index (χ1n) is 12.6. The van der Waals surface area contributed by atoms with Crippen molar-refractivity contribution in [1.29, 1.82) is 0 Å². The van der Waals surface area contributed by atoms with Crippen molar-refractivity contribution >= 4 is 44.7 Å². The summed E-state index contributed by atoms with van der Waals surface area (Å²) in [6.07, 6.45) is 5.93. The first-order valence-corrected chi connectivity index (χ1v) is 18.4. The Morgan fingerprint density at radius 3 is 1.10 bits per heavy atom. The van der Waals surface area contributed by atoms with Crippen molar-refractivity contribution in [2.75, 3.05) is 81.7 Å². The molecule has 0 rings (SSSR count). The van der Waals surface area contributed by atoms with E-state index in [9.17, 15) is 14.4 Å². The van der Waals surface area contributed by atoms with E-state index in [4.69, 9.17) is 39.8 Å². The molecule has 15 nitrogen and oxygen atoms in total. The first kappa shape index (κ1) is 42.9. The molecule has 0 spiro atoms. The van der Waals surface area contributed by atoms with Crippen LogP contribution in [0.15, 0.2) is 15.0 Å². The minimum Gasteiger partial charge on any atom is -0.377 e. The molecular weight excluding hydrogens is 583 g/mol. The highest BCUT2D eigenvalue weighted by Crippen LogP contribution is 2.18. The van der Waals surface area contributed by atoms with Gasteiger partial charge in [-0.3, -0.25) is 0 Å². The molecule has 0 N–H and O–H groups in total. The van der Waals surface area contributed by atoms with E-state index in [0.717, 1.165) is 6.42 Å². The van der Waals surface area contributed by atoms with E-state index in [-0.39, 0.29) is 6.17 Å². The summed E-state index contributed by atoms with van der Waals surface area (Å²) in [5.74, 6) is 0. The molecule has 0 bridgehead atoms. The van der Waals surface area contributed by atoms with E-state index in [1.807, 2.05) is 20.8 Å². The summed E-state index contributed by atoms with van der Waals surface area (Å²) in [6.45, 7) is 8.37. The molecule has 0 aliphatic rings. The Labute approximate surface area is 241 Å². The lowest BCUT2D eigenvalue weighted by Gasteiger charge is -2.28. The summed E-state index contributed by atoms with van der Waals surface area (Å²) in [5.41, 5.74) is 0. The summed E-state index contributed by atoms with van der Waals surface area (Å²) in [6, 6.07) is 1.34. The minimum absolute atomic E-state index is 0.111. The van der Waals surface area contributed by atoms with Crippen LogP contribution >= 0.6 is 0 Å². The summed E-state index contributed by atoms with van der Waals surface area (Å²) < 4.78 is 47.3. The molecule has 0 aliphatic carbocycles. The van der Waals surface area contributed by atoms with E-state index in [2.05, 4.69) is 15.0 Å². The highest BCUT2D eigenvalue weighted by molar-refractivity contribution is 6.61. The number of hydrogen-bond acceptors (Lipinski definition) is 15. The van der Waals surface area contributed by atoms with Crippen molar-refractivity contribution < 1.29 is 54.2 Å². The van der Waals surface area contributed by atoms with Crippen molar-refractivity contribution in [3.05, 3.63) is 0 Å². The summed E-state index contributed by atoms with van der Waals surface area (Å²) in [5, 5.41) is 0. The van der Waals surface area contributed by atoms with Gasteiger partial charge in [0.1, 0.15) is 6.17 Å². The normalized spacial score (nSPS) is 11.0. The minimum atomic E-state index is -2.67. The monoisotopic (exact) mass is 629 g/mol.